The molecule has 0 amide bonds. The molecule has 1 aromatic carbocycles. The Labute approximate surface area is 126 Å². The molecule has 19 heavy (non-hydrogen) atoms. The molecule has 0 bridgehead atoms. The third-order valence-corrected chi connectivity index (χ3v) is 4.18. The summed E-state index contributed by atoms with van der Waals surface area (Å²) in [5.41, 5.74) is 1.11. The van der Waals surface area contributed by atoms with E-state index in [2.05, 4.69) is 17.1 Å². The first kappa shape index (κ1) is 15.1. The minimum Gasteiger partial charge on any atom is -0.312 e. The molecule has 0 saturated carbocycles. The summed E-state index contributed by atoms with van der Waals surface area (Å²) in [6.45, 7) is 7.87. The van der Waals surface area contributed by atoms with Gasteiger partial charge in [-0.2, -0.15) is 0 Å². The molecule has 1 unspecified atom stereocenters. The predicted molar refractivity (Wildman–Crippen MR) is 83.0 cm³/mol. The van der Waals surface area contributed by atoms with Crippen LogP contribution in [-0.2, 0) is 6.54 Å². The lowest BCUT2D eigenvalue weighted by atomic mass is 10.1. The zero-order valence-corrected chi connectivity index (χ0v) is 13.0. The van der Waals surface area contributed by atoms with E-state index in [0.29, 0.717) is 10.9 Å². The summed E-state index contributed by atoms with van der Waals surface area (Å²) in [4.78, 5) is 2.56. The van der Waals surface area contributed by atoms with E-state index >= 15 is 0 Å². The first-order valence-corrected chi connectivity index (χ1v) is 7.78. The summed E-state index contributed by atoms with van der Waals surface area (Å²) < 4.78 is 0. The predicted octanol–water partition coefficient (Wildman–Crippen LogP) is 3.81. The molecule has 106 valence electrons. The van der Waals surface area contributed by atoms with Crippen molar-refractivity contribution in [1.82, 2.24) is 10.2 Å². The largest absolute Gasteiger partial charge is 0.312 e. The van der Waals surface area contributed by atoms with Gasteiger partial charge in [-0.3, -0.25) is 0 Å². The summed E-state index contributed by atoms with van der Waals surface area (Å²) in [6, 6.07) is 5.68. The molecular weight excluding hydrogens is 279 g/mol. The van der Waals surface area contributed by atoms with Gasteiger partial charge in [0.25, 0.3) is 0 Å². The minimum atomic E-state index is 0.671. The molecule has 4 heteroatoms. The van der Waals surface area contributed by atoms with Crippen molar-refractivity contribution in [2.45, 2.75) is 26.3 Å². The molecule has 1 fully saturated rings. The van der Waals surface area contributed by atoms with Gasteiger partial charge in [-0.05, 0) is 56.1 Å². The van der Waals surface area contributed by atoms with Gasteiger partial charge >= 0.3 is 0 Å². The number of nitrogens with one attached hydrogen (secondary N) is 1. The Balaban J connectivity index is 1.70. The van der Waals surface area contributed by atoms with Gasteiger partial charge in [0.2, 0.25) is 0 Å². The Bertz CT molecular complexity index is 403. The SMILES string of the molecule is CC(CNCc1ccc(Cl)cc1Cl)CN1CCCC1. The third-order valence-electron chi connectivity index (χ3n) is 3.59. The summed E-state index contributed by atoms with van der Waals surface area (Å²) in [6.07, 6.45) is 2.72. The van der Waals surface area contributed by atoms with E-state index in [-0.39, 0.29) is 0 Å². The van der Waals surface area contributed by atoms with Crippen LogP contribution >= 0.6 is 23.2 Å². The first-order valence-electron chi connectivity index (χ1n) is 7.02. The summed E-state index contributed by atoms with van der Waals surface area (Å²) in [5, 5.41) is 4.92. The van der Waals surface area contributed by atoms with Crippen molar-refractivity contribution in [2.75, 3.05) is 26.2 Å². The van der Waals surface area contributed by atoms with Crippen molar-refractivity contribution in [3.63, 3.8) is 0 Å². The number of hydrogen-bond donors (Lipinski definition) is 1. The van der Waals surface area contributed by atoms with Crippen molar-refractivity contribution < 1.29 is 0 Å². The van der Waals surface area contributed by atoms with Crippen LogP contribution in [0.15, 0.2) is 18.2 Å². The Kier molecular flexibility index (Phi) is 5.96. The normalized spacial score (nSPS) is 17.8. The number of rotatable bonds is 6. The number of halogens is 2. The summed E-state index contributed by atoms with van der Waals surface area (Å²) >= 11 is 12.0. The van der Waals surface area contributed by atoms with Crippen molar-refractivity contribution >= 4 is 23.2 Å². The second-order valence-corrected chi connectivity index (χ2v) is 6.32. The van der Waals surface area contributed by atoms with Gasteiger partial charge in [0.1, 0.15) is 0 Å². The Morgan fingerprint density at radius 1 is 1.26 bits per heavy atom. The minimum absolute atomic E-state index is 0.671. The molecule has 1 N–H and O–H groups in total. The topological polar surface area (TPSA) is 15.3 Å². The van der Waals surface area contributed by atoms with E-state index in [1.807, 2.05) is 12.1 Å². The molecule has 0 aliphatic carbocycles. The van der Waals surface area contributed by atoms with Gasteiger partial charge < -0.3 is 10.2 Å². The lowest BCUT2D eigenvalue weighted by Gasteiger charge is -2.20. The molecule has 1 aromatic rings. The van der Waals surface area contributed by atoms with Crippen LogP contribution in [0.5, 0.6) is 0 Å². The van der Waals surface area contributed by atoms with Crippen LogP contribution in [0.3, 0.4) is 0 Å². The van der Waals surface area contributed by atoms with Crippen LogP contribution in [0.1, 0.15) is 25.3 Å². The average molecular weight is 301 g/mol. The number of nitrogens with zero attached hydrogens (tertiary/aromatic N) is 1. The van der Waals surface area contributed by atoms with Gasteiger partial charge in [-0.1, -0.05) is 36.2 Å². The second-order valence-electron chi connectivity index (χ2n) is 5.48. The maximum absolute atomic E-state index is 6.15. The molecule has 2 nitrogen and oxygen atoms in total. The van der Waals surface area contributed by atoms with Gasteiger partial charge in [0.05, 0.1) is 0 Å². The molecule has 1 atom stereocenters. The van der Waals surface area contributed by atoms with Gasteiger partial charge in [-0.25, -0.2) is 0 Å². The summed E-state index contributed by atoms with van der Waals surface area (Å²) in [5.74, 6) is 0.671. The van der Waals surface area contributed by atoms with Crippen LogP contribution in [0.2, 0.25) is 10.0 Å². The highest BCUT2D eigenvalue weighted by molar-refractivity contribution is 6.35. The molecule has 1 heterocycles. The van der Waals surface area contributed by atoms with Gasteiger partial charge in [-0.15, -0.1) is 0 Å². The van der Waals surface area contributed by atoms with E-state index in [9.17, 15) is 0 Å². The van der Waals surface area contributed by atoms with Crippen molar-refractivity contribution in [2.24, 2.45) is 5.92 Å². The molecule has 0 aromatic heterocycles. The zero-order chi connectivity index (χ0) is 13.7. The van der Waals surface area contributed by atoms with Crippen LogP contribution < -0.4 is 5.32 Å². The Morgan fingerprint density at radius 3 is 2.68 bits per heavy atom. The molecule has 0 spiro atoms. The highest BCUT2D eigenvalue weighted by atomic mass is 35.5. The van der Waals surface area contributed by atoms with Crippen LogP contribution in [0, 0.1) is 5.92 Å². The zero-order valence-electron chi connectivity index (χ0n) is 11.5. The number of likely N-dealkylation sites (tertiary alicyclic amines) is 1. The molecule has 2 rings (SSSR count). The van der Waals surface area contributed by atoms with Crippen molar-refractivity contribution in [3.05, 3.63) is 33.8 Å². The van der Waals surface area contributed by atoms with E-state index in [1.54, 1.807) is 6.07 Å². The monoisotopic (exact) mass is 300 g/mol. The fourth-order valence-electron chi connectivity index (χ4n) is 2.59. The van der Waals surface area contributed by atoms with E-state index in [0.717, 1.165) is 23.7 Å². The van der Waals surface area contributed by atoms with Crippen LogP contribution in [-0.4, -0.2) is 31.1 Å². The molecule has 1 saturated heterocycles. The van der Waals surface area contributed by atoms with E-state index in [4.69, 9.17) is 23.2 Å². The van der Waals surface area contributed by atoms with Gasteiger partial charge in [0, 0.05) is 23.1 Å². The molecule has 1 aliphatic heterocycles. The first-order chi connectivity index (χ1) is 9.15. The quantitative estimate of drug-likeness (QED) is 0.859. The highest BCUT2D eigenvalue weighted by Gasteiger charge is 2.14. The third kappa shape index (κ3) is 4.96. The summed E-state index contributed by atoms with van der Waals surface area (Å²) in [7, 11) is 0. The van der Waals surface area contributed by atoms with E-state index < -0.39 is 0 Å². The number of hydrogen-bond acceptors (Lipinski definition) is 2. The van der Waals surface area contributed by atoms with Crippen molar-refractivity contribution in [1.29, 1.82) is 0 Å². The van der Waals surface area contributed by atoms with Gasteiger partial charge in [0.15, 0.2) is 0 Å². The Morgan fingerprint density at radius 2 is 2.00 bits per heavy atom. The molecule has 1 aliphatic rings. The highest BCUT2D eigenvalue weighted by Crippen LogP contribution is 2.20. The number of benzene rings is 1. The maximum Gasteiger partial charge on any atom is 0.0465 e. The lowest BCUT2D eigenvalue weighted by Crippen LogP contribution is -2.31. The van der Waals surface area contributed by atoms with Crippen LogP contribution in [0.4, 0.5) is 0 Å². The average Bonchev–Trinajstić information content (AvgIpc) is 2.84. The molecule has 0 radical (unpaired) electrons. The van der Waals surface area contributed by atoms with Crippen molar-refractivity contribution in [3.8, 4) is 0 Å². The fourth-order valence-corrected chi connectivity index (χ4v) is 3.06. The fraction of sp³-hybridized carbons (Fsp3) is 0.600. The van der Waals surface area contributed by atoms with Crippen LogP contribution in [0.25, 0.3) is 0 Å². The van der Waals surface area contributed by atoms with E-state index in [1.165, 1.54) is 32.5 Å². The maximum atomic E-state index is 6.15. The smallest absolute Gasteiger partial charge is 0.0465 e. The second kappa shape index (κ2) is 7.49. The lowest BCUT2D eigenvalue weighted by molar-refractivity contribution is 0.282. The molecular formula is C15H22Cl2N2. The Hall–Kier alpha value is -0.280. The standard InChI is InChI=1S/C15H22Cl2N2/c1-12(11-19-6-2-3-7-19)9-18-10-13-4-5-14(16)8-15(13)17/h4-5,8,12,18H,2-3,6-7,9-11H2,1H3.